The van der Waals surface area contributed by atoms with Gasteiger partial charge < -0.3 is 15.1 Å². The Balaban J connectivity index is 1.65. The summed E-state index contributed by atoms with van der Waals surface area (Å²) in [6, 6.07) is 21.2. The molecule has 2 N–H and O–H groups in total. The van der Waals surface area contributed by atoms with Gasteiger partial charge in [-0.3, -0.25) is 9.59 Å². The zero-order valence-electron chi connectivity index (χ0n) is 15.8. The van der Waals surface area contributed by atoms with Crippen molar-refractivity contribution in [3.8, 4) is 6.07 Å². The minimum Gasteiger partial charge on any atom is -0.467 e. The van der Waals surface area contributed by atoms with Crippen LogP contribution in [0.2, 0.25) is 0 Å². The van der Waals surface area contributed by atoms with Crippen LogP contribution in [0.4, 0.5) is 0 Å². The number of hydrogen-bond donors (Lipinski definition) is 2. The number of furan rings is 1. The molecule has 2 aromatic carbocycles. The number of hydrogen-bond acceptors (Lipinski definition) is 5. The molecule has 7 heteroatoms. The number of nitrogens with one attached hydrogen (secondary N) is 2. The van der Waals surface area contributed by atoms with E-state index in [9.17, 15) is 14.9 Å². The van der Waals surface area contributed by atoms with Gasteiger partial charge in [0, 0.05) is 16.7 Å². The lowest BCUT2D eigenvalue weighted by Gasteiger charge is -2.06. The van der Waals surface area contributed by atoms with Crippen molar-refractivity contribution in [1.29, 1.82) is 5.26 Å². The first-order valence-corrected chi connectivity index (χ1v) is 9.17. The fourth-order valence-corrected chi connectivity index (χ4v) is 3.06. The molecule has 0 fully saturated rings. The average Bonchev–Trinajstić information content (AvgIpc) is 3.42. The number of amidine groups is 1. The van der Waals surface area contributed by atoms with Gasteiger partial charge in [-0.1, -0.05) is 42.5 Å². The van der Waals surface area contributed by atoms with E-state index in [4.69, 9.17) is 4.42 Å². The molecule has 1 aliphatic heterocycles. The number of rotatable bonds is 4. The molecular formula is C23H16N4O3. The van der Waals surface area contributed by atoms with Crippen LogP contribution in [0.3, 0.4) is 0 Å². The summed E-state index contributed by atoms with van der Waals surface area (Å²) >= 11 is 0. The van der Waals surface area contributed by atoms with E-state index in [0.717, 1.165) is 0 Å². The molecule has 7 nitrogen and oxygen atoms in total. The molecule has 146 valence electrons. The number of benzene rings is 2. The molecule has 30 heavy (non-hydrogen) atoms. The highest BCUT2D eigenvalue weighted by Crippen LogP contribution is 2.30. The Hall–Kier alpha value is -4.44. The van der Waals surface area contributed by atoms with Crippen LogP contribution in [0, 0.1) is 11.3 Å². The second-order valence-corrected chi connectivity index (χ2v) is 6.42. The summed E-state index contributed by atoms with van der Waals surface area (Å²) in [7, 11) is 0. The molecule has 1 aliphatic rings. The van der Waals surface area contributed by atoms with E-state index in [1.54, 1.807) is 60.7 Å². The fourth-order valence-electron chi connectivity index (χ4n) is 3.06. The number of carbonyl (C=O) groups excluding carboxylic acids is 2. The average molecular weight is 396 g/mol. The van der Waals surface area contributed by atoms with Crippen LogP contribution in [0.15, 0.2) is 88.0 Å². The van der Waals surface area contributed by atoms with E-state index >= 15 is 0 Å². The van der Waals surface area contributed by atoms with Crippen molar-refractivity contribution < 1.29 is 14.0 Å². The molecular weight excluding hydrogens is 380 g/mol. The highest BCUT2D eigenvalue weighted by Gasteiger charge is 2.27. The minimum atomic E-state index is -0.571. The highest BCUT2D eigenvalue weighted by molar-refractivity contribution is 6.20. The predicted octanol–water partition coefficient (Wildman–Crippen LogP) is 3.02. The van der Waals surface area contributed by atoms with Crippen LogP contribution in [-0.4, -0.2) is 17.6 Å². The predicted molar refractivity (Wildman–Crippen MR) is 110 cm³/mol. The van der Waals surface area contributed by atoms with E-state index in [1.165, 1.54) is 6.26 Å². The zero-order valence-corrected chi connectivity index (χ0v) is 15.8. The summed E-state index contributed by atoms with van der Waals surface area (Å²) in [6.45, 7) is 0.146. The van der Waals surface area contributed by atoms with Gasteiger partial charge >= 0.3 is 0 Å². The monoisotopic (exact) mass is 396 g/mol. The molecule has 2 amide bonds. The molecule has 3 aromatic rings. The van der Waals surface area contributed by atoms with Gasteiger partial charge in [-0.05, 0) is 24.3 Å². The zero-order chi connectivity index (χ0) is 20.9. The van der Waals surface area contributed by atoms with E-state index in [0.29, 0.717) is 28.3 Å². The number of fused-ring (bicyclic) bond motifs is 1. The maximum absolute atomic E-state index is 12.6. The largest absolute Gasteiger partial charge is 0.467 e. The van der Waals surface area contributed by atoms with Crippen LogP contribution in [0.1, 0.15) is 27.2 Å². The van der Waals surface area contributed by atoms with Crippen molar-refractivity contribution >= 4 is 23.3 Å². The maximum atomic E-state index is 12.6. The molecule has 0 saturated heterocycles. The van der Waals surface area contributed by atoms with Gasteiger partial charge in [-0.2, -0.15) is 5.26 Å². The van der Waals surface area contributed by atoms with Crippen molar-refractivity contribution in [1.82, 2.24) is 10.6 Å². The van der Waals surface area contributed by atoms with Gasteiger partial charge in [-0.25, -0.2) is 4.99 Å². The lowest BCUT2D eigenvalue weighted by Crippen LogP contribution is -2.30. The lowest BCUT2D eigenvalue weighted by atomic mass is 10.0. The first-order chi connectivity index (χ1) is 14.7. The molecule has 1 aromatic heterocycles. The van der Waals surface area contributed by atoms with Gasteiger partial charge in [0.1, 0.15) is 23.2 Å². The number of nitriles is 1. The molecule has 2 heterocycles. The smallest absolute Gasteiger partial charge is 0.264 e. The van der Waals surface area contributed by atoms with Crippen molar-refractivity contribution in [2.24, 2.45) is 4.99 Å². The van der Waals surface area contributed by atoms with E-state index in [2.05, 4.69) is 15.6 Å². The number of amides is 2. The van der Waals surface area contributed by atoms with E-state index in [1.807, 2.05) is 12.1 Å². The Bertz CT molecular complexity index is 1200. The number of carbonyl (C=O) groups is 2. The molecule has 0 saturated carbocycles. The van der Waals surface area contributed by atoms with Crippen LogP contribution in [0.5, 0.6) is 0 Å². The Morgan fingerprint density at radius 3 is 2.40 bits per heavy atom. The van der Waals surface area contributed by atoms with Crippen LogP contribution >= 0.6 is 0 Å². The van der Waals surface area contributed by atoms with Crippen molar-refractivity contribution in [2.45, 2.75) is 6.54 Å². The second-order valence-electron chi connectivity index (χ2n) is 6.42. The highest BCUT2D eigenvalue weighted by atomic mass is 16.3. The Morgan fingerprint density at radius 2 is 1.70 bits per heavy atom. The maximum Gasteiger partial charge on any atom is 0.264 e. The van der Waals surface area contributed by atoms with Gasteiger partial charge in [0.05, 0.1) is 18.5 Å². The minimum absolute atomic E-state index is 0.141. The fraction of sp³-hybridized carbons (Fsp3) is 0.0435. The number of aliphatic imine (C=N–C) groups is 1. The summed E-state index contributed by atoms with van der Waals surface area (Å²) in [5.41, 5.74) is 1.80. The lowest BCUT2D eigenvalue weighted by molar-refractivity contribution is -0.117. The van der Waals surface area contributed by atoms with Gasteiger partial charge in [0.25, 0.3) is 11.8 Å². The molecule has 0 radical (unpaired) electrons. The molecule has 0 atom stereocenters. The van der Waals surface area contributed by atoms with Crippen molar-refractivity contribution in [3.63, 3.8) is 0 Å². The topological polar surface area (TPSA) is 107 Å². The standard InChI is InChI=1S/C23H16N4O3/c24-13-19(23(29)25-14-16-9-6-12-30-16)20-17-10-4-5-11-18(17)21(26-20)27-22(28)15-7-2-1-3-8-15/h1-12H,14H2,(H,25,29)(H,26,27,28). The summed E-state index contributed by atoms with van der Waals surface area (Å²) in [4.78, 5) is 29.6. The summed E-state index contributed by atoms with van der Waals surface area (Å²) in [5, 5.41) is 15.1. The molecule has 0 bridgehead atoms. The molecule has 4 rings (SSSR count). The van der Waals surface area contributed by atoms with Gasteiger partial charge in [0.15, 0.2) is 0 Å². The van der Waals surface area contributed by atoms with E-state index in [-0.39, 0.29) is 23.7 Å². The third kappa shape index (κ3) is 3.75. The number of nitrogens with zero attached hydrogens (tertiary/aromatic N) is 2. The molecule has 0 unspecified atom stereocenters. The van der Waals surface area contributed by atoms with Crippen LogP contribution in [-0.2, 0) is 11.3 Å². The van der Waals surface area contributed by atoms with Gasteiger partial charge in [0.2, 0.25) is 0 Å². The Morgan fingerprint density at radius 1 is 0.967 bits per heavy atom. The second kappa shape index (κ2) is 8.29. The first kappa shape index (κ1) is 18.9. The Kier molecular flexibility index (Phi) is 5.22. The quantitative estimate of drug-likeness (QED) is 0.522. The molecule has 0 spiro atoms. The first-order valence-electron chi connectivity index (χ1n) is 9.17. The summed E-state index contributed by atoms with van der Waals surface area (Å²) in [5.74, 6) is -0.0397. The van der Waals surface area contributed by atoms with Crippen LogP contribution < -0.4 is 10.6 Å². The van der Waals surface area contributed by atoms with Crippen molar-refractivity contribution in [2.75, 3.05) is 0 Å². The molecule has 0 aliphatic carbocycles. The van der Waals surface area contributed by atoms with Crippen LogP contribution in [0.25, 0.3) is 5.70 Å². The SMILES string of the molecule is N#CC(C(=O)NCc1ccco1)=C1N=C(NC(=O)c2ccccc2)c2ccccc21. The van der Waals surface area contributed by atoms with Gasteiger partial charge in [-0.15, -0.1) is 0 Å². The van der Waals surface area contributed by atoms with Crippen molar-refractivity contribution in [3.05, 3.63) is 101 Å². The Labute approximate surface area is 172 Å². The van der Waals surface area contributed by atoms with E-state index < -0.39 is 5.91 Å². The third-order valence-electron chi connectivity index (χ3n) is 4.51. The summed E-state index contributed by atoms with van der Waals surface area (Å²) < 4.78 is 5.19. The third-order valence-corrected chi connectivity index (χ3v) is 4.51. The summed E-state index contributed by atoms with van der Waals surface area (Å²) in [6.07, 6.45) is 1.50. The normalized spacial score (nSPS) is 13.6.